The van der Waals surface area contributed by atoms with Crippen molar-refractivity contribution in [2.75, 3.05) is 4.90 Å². The van der Waals surface area contributed by atoms with E-state index < -0.39 is 0 Å². The van der Waals surface area contributed by atoms with Gasteiger partial charge in [0.15, 0.2) is 0 Å². The minimum atomic E-state index is 1.08. The zero-order valence-corrected chi connectivity index (χ0v) is 38.5. The monoisotopic (exact) mass is 890 g/mol. The van der Waals surface area contributed by atoms with Gasteiger partial charge in [-0.2, -0.15) is 0 Å². The highest BCUT2D eigenvalue weighted by atomic mass is 15.1. The van der Waals surface area contributed by atoms with E-state index in [1.165, 1.54) is 93.4 Å². The first-order valence-corrected chi connectivity index (χ1v) is 24.1. The molecule has 0 aliphatic carbocycles. The van der Waals surface area contributed by atoms with Crippen molar-refractivity contribution in [3.8, 4) is 61.3 Å². The Morgan fingerprint density at radius 2 is 0.657 bits per heavy atom. The number of aromatic nitrogens is 1. The summed E-state index contributed by atoms with van der Waals surface area (Å²) in [5.74, 6) is 0. The summed E-state index contributed by atoms with van der Waals surface area (Å²) in [6.45, 7) is 0. The zero-order chi connectivity index (χ0) is 46.4. The molecule has 1 heterocycles. The largest absolute Gasteiger partial charge is 0.311 e. The molecule has 0 radical (unpaired) electrons. The van der Waals surface area contributed by atoms with Crippen LogP contribution in [0.5, 0.6) is 0 Å². The molecule has 0 unspecified atom stereocenters. The van der Waals surface area contributed by atoms with Gasteiger partial charge in [-0.05, 0) is 138 Å². The van der Waals surface area contributed by atoms with Crippen molar-refractivity contribution in [2.45, 2.75) is 0 Å². The zero-order valence-electron chi connectivity index (χ0n) is 38.5. The van der Waals surface area contributed by atoms with Crippen molar-refractivity contribution in [3.05, 3.63) is 279 Å². The van der Waals surface area contributed by atoms with Crippen molar-refractivity contribution < 1.29 is 0 Å². The van der Waals surface area contributed by atoms with Crippen LogP contribution in [0.4, 0.5) is 17.1 Å². The molecule has 0 spiro atoms. The van der Waals surface area contributed by atoms with Crippen LogP contribution in [-0.2, 0) is 0 Å². The summed E-state index contributed by atoms with van der Waals surface area (Å²) in [5, 5.41) is 7.51. The molecule has 12 aromatic carbocycles. The topological polar surface area (TPSA) is 8.17 Å². The lowest BCUT2D eigenvalue weighted by Crippen LogP contribution is -2.09. The van der Waals surface area contributed by atoms with E-state index in [4.69, 9.17) is 0 Å². The fourth-order valence-corrected chi connectivity index (χ4v) is 10.7. The minimum Gasteiger partial charge on any atom is -0.311 e. The molecule has 0 saturated heterocycles. The first kappa shape index (κ1) is 41.0. The summed E-state index contributed by atoms with van der Waals surface area (Å²) in [5.41, 5.74) is 18.9. The number of hydrogen-bond donors (Lipinski definition) is 0. The van der Waals surface area contributed by atoms with E-state index in [-0.39, 0.29) is 0 Å². The smallest absolute Gasteiger partial charge is 0.0541 e. The standard InChI is InChI=1S/C68H46N2/c1-3-15-49(16-4-1)60-25-13-20-54-21-14-26-61(67(54)60)51-33-42-56(43-34-51)69(57-44-35-52(36-45-57)62-46-37-50-17-7-8-22-59(50)68(62)53-18-5-2-6-19-53)55-38-29-47(30-39-55)48-31-40-58(41-32-48)70-65-27-11-9-23-63(65)64-24-10-12-28-66(64)70/h1-46H. The lowest BCUT2D eigenvalue weighted by Gasteiger charge is -2.26. The Morgan fingerprint density at radius 3 is 1.21 bits per heavy atom. The van der Waals surface area contributed by atoms with Gasteiger partial charge < -0.3 is 9.47 Å². The Kier molecular flexibility index (Phi) is 10.2. The summed E-state index contributed by atoms with van der Waals surface area (Å²) in [4.78, 5) is 2.37. The Labute approximate surface area is 408 Å². The summed E-state index contributed by atoms with van der Waals surface area (Å²) in [7, 11) is 0. The molecule has 0 saturated carbocycles. The van der Waals surface area contributed by atoms with Gasteiger partial charge >= 0.3 is 0 Å². The first-order valence-electron chi connectivity index (χ1n) is 24.1. The van der Waals surface area contributed by atoms with Crippen molar-refractivity contribution in [2.24, 2.45) is 0 Å². The minimum absolute atomic E-state index is 1.08. The van der Waals surface area contributed by atoms with Crippen LogP contribution in [0.3, 0.4) is 0 Å². The molecule has 0 fully saturated rings. The average molecular weight is 891 g/mol. The van der Waals surface area contributed by atoms with E-state index in [9.17, 15) is 0 Å². The fraction of sp³-hybridized carbons (Fsp3) is 0. The van der Waals surface area contributed by atoms with Crippen molar-refractivity contribution in [1.82, 2.24) is 4.57 Å². The second-order valence-electron chi connectivity index (χ2n) is 18.0. The van der Waals surface area contributed by atoms with Crippen LogP contribution < -0.4 is 4.90 Å². The summed E-state index contributed by atoms with van der Waals surface area (Å²) in [6.07, 6.45) is 0. The van der Waals surface area contributed by atoms with Crippen LogP contribution in [0.2, 0.25) is 0 Å². The molecule has 0 atom stereocenters. The Morgan fingerprint density at radius 1 is 0.243 bits per heavy atom. The summed E-state index contributed by atoms with van der Waals surface area (Å²) >= 11 is 0. The molecule has 0 N–H and O–H groups in total. The predicted molar refractivity (Wildman–Crippen MR) is 298 cm³/mol. The number of hydrogen-bond acceptors (Lipinski definition) is 1. The SMILES string of the molecule is c1ccc(-c2c(-c3ccc(N(c4ccc(-c5ccc(-n6c7ccccc7c7ccccc76)cc5)cc4)c4ccc(-c5cccc6cccc(-c7ccccc7)c56)cc4)cc3)ccc3ccccc23)cc1. The molecule has 1 aromatic heterocycles. The maximum Gasteiger partial charge on any atom is 0.0541 e. The lowest BCUT2D eigenvalue weighted by atomic mass is 9.90. The molecule has 0 amide bonds. The second-order valence-corrected chi connectivity index (χ2v) is 18.0. The van der Waals surface area contributed by atoms with E-state index in [0.717, 1.165) is 28.3 Å². The van der Waals surface area contributed by atoms with Crippen LogP contribution >= 0.6 is 0 Å². The Bertz CT molecular complexity index is 3940. The number of anilines is 3. The summed E-state index contributed by atoms with van der Waals surface area (Å²) in [6, 6.07) is 102. The number of benzene rings is 12. The van der Waals surface area contributed by atoms with Gasteiger partial charge in [-0.25, -0.2) is 0 Å². The number of nitrogens with zero attached hydrogens (tertiary/aromatic N) is 2. The van der Waals surface area contributed by atoms with Crippen LogP contribution in [0.15, 0.2) is 279 Å². The highest BCUT2D eigenvalue weighted by molar-refractivity contribution is 6.10. The number of fused-ring (bicyclic) bond motifs is 5. The molecule has 0 aliphatic heterocycles. The third-order valence-electron chi connectivity index (χ3n) is 14.0. The van der Waals surface area contributed by atoms with E-state index in [1.54, 1.807) is 0 Å². The van der Waals surface area contributed by atoms with Gasteiger partial charge in [0.1, 0.15) is 0 Å². The molecule has 328 valence electrons. The molecule has 0 bridgehead atoms. The second kappa shape index (κ2) is 17.4. The van der Waals surface area contributed by atoms with Crippen LogP contribution in [0.25, 0.3) is 105 Å². The van der Waals surface area contributed by atoms with E-state index in [2.05, 4.69) is 289 Å². The molecule has 13 aromatic rings. The molecule has 2 nitrogen and oxygen atoms in total. The maximum atomic E-state index is 2.37. The van der Waals surface area contributed by atoms with Crippen molar-refractivity contribution in [1.29, 1.82) is 0 Å². The van der Waals surface area contributed by atoms with Crippen molar-refractivity contribution >= 4 is 60.4 Å². The van der Waals surface area contributed by atoms with E-state index in [1.807, 2.05) is 0 Å². The number of para-hydroxylation sites is 2. The third kappa shape index (κ3) is 7.22. The predicted octanol–water partition coefficient (Wildman–Crippen LogP) is 18.9. The van der Waals surface area contributed by atoms with Gasteiger partial charge in [-0.15, -0.1) is 0 Å². The van der Waals surface area contributed by atoms with Crippen molar-refractivity contribution in [3.63, 3.8) is 0 Å². The quantitative estimate of drug-likeness (QED) is 0.140. The molecule has 2 heteroatoms. The molecule has 70 heavy (non-hydrogen) atoms. The molecular weight excluding hydrogens is 845 g/mol. The highest BCUT2D eigenvalue weighted by Gasteiger charge is 2.18. The Hall–Kier alpha value is -9.24. The third-order valence-corrected chi connectivity index (χ3v) is 14.0. The normalized spacial score (nSPS) is 11.4. The fourth-order valence-electron chi connectivity index (χ4n) is 10.7. The van der Waals surface area contributed by atoms with Gasteiger partial charge in [0.05, 0.1) is 11.0 Å². The molecule has 0 aliphatic rings. The van der Waals surface area contributed by atoms with Crippen LogP contribution in [-0.4, -0.2) is 4.57 Å². The van der Waals surface area contributed by atoms with Gasteiger partial charge in [0, 0.05) is 33.5 Å². The van der Waals surface area contributed by atoms with E-state index in [0.29, 0.717) is 0 Å². The van der Waals surface area contributed by atoms with Gasteiger partial charge in [-0.1, -0.05) is 218 Å². The Balaban J connectivity index is 0.888. The van der Waals surface area contributed by atoms with E-state index >= 15 is 0 Å². The average Bonchev–Trinajstić information content (AvgIpc) is 3.78. The summed E-state index contributed by atoms with van der Waals surface area (Å²) < 4.78 is 2.37. The van der Waals surface area contributed by atoms with Crippen LogP contribution in [0.1, 0.15) is 0 Å². The lowest BCUT2D eigenvalue weighted by molar-refractivity contribution is 1.18. The molecular formula is C68H46N2. The number of rotatable bonds is 9. The first-order chi connectivity index (χ1) is 34.7. The van der Waals surface area contributed by atoms with Gasteiger partial charge in [0.2, 0.25) is 0 Å². The van der Waals surface area contributed by atoms with Crippen LogP contribution in [0, 0.1) is 0 Å². The molecule has 13 rings (SSSR count). The van der Waals surface area contributed by atoms with Gasteiger partial charge in [0.25, 0.3) is 0 Å². The van der Waals surface area contributed by atoms with Gasteiger partial charge in [-0.3, -0.25) is 0 Å². The highest BCUT2D eigenvalue weighted by Crippen LogP contribution is 2.43. The maximum absolute atomic E-state index is 2.37.